The molecule has 0 atom stereocenters. The Morgan fingerprint density at radius 2 is 2.07 bits per heavy atom. The number of allylic oxidation sites excluding steroid dienone is 5. The monoisotopic (exact) mass is 212 g/mol. The SMILES string of the molecule is C=C/C=C\C(Cl)=C(/C)N1CCNCC1. The molecule has 0 aromatic carbocycles. The molecule has 0 saturated carbocycles. The molecule has 1 aliphatic heterocycles. The van der Waals surface area contributed by atoms with Crippen LogP contribution in [-0.2, 0) is 0 Å². The molecule has 2 nitrogen and oxygen atoms in total. The quantitative estimate of drug-likeness (QED) is 0.721. The maximum absolute atomic E-state index is 6.13. The van der Waals surface area contributed by atoms with Gasteiger partial charge in [-0.1, -0.05) is 30.3 Å². The van der Waals surface area contributed by atoms with E-state index in [1.165, 1.54) is 0 Å². The summed E-state index contributed by atoms with van der Waals surface area (Å²) in [7, 11) is 0. The molecule has 1 saturated heterocycles. The molecule has 1 N–H and O–H groups in total. The third-order valence-electron chi connectivity index (χ3n) is 2.32. The molecule has 1 fully saturated rings. The van der Waals surface area contributed by atoms with Crippen molar-refractivity contribution < 1.29 is 0 Å². The van der Waals surface area contributed by atoms with Gasteiger partial charge >= 0.3 is 0 Å². The molecule has 0 aliphatic carbocycles. The molecule has 0 aromatic heterocycles. The summed E-state index contributed by atoms with van der Waals surface area (Å²) < 4.78 is 0. The lowest BCUT2D eigenvalue weighted by Crippen LogP contribution is -2.42. The lowest BCUT2D eigenvalue weighted by atomic mass is 10.3. The standard InChI is InChI=1S/C11H17ClN2/c1-3-4-5-11(12)10(2)14-8-6-13-7-9-14/h3-5,13H,1,6-9H2,2H3/b5-4-,11-10-. The number of nitrogens with one attached hydrogen (secondary N) is 1. The van der Waals surface area contributed by atoms with Crippen LogP contribution in [0.5, 0.6) is 0 Å². The molecular weight excluding hydrogens is 196 g/mol. The van der Waals surface area contributed by atoms with E-state index >= 15 is 0 Å². The highest BCUT2D eigenvalue weighted by Gasteiger charge is 2.11. The fourth-order valence-electron chi connectivity index (χ4n) is 1.42. The normalized spacial score (nSPS) is 19.7. The van der Waals surface area contributed by atoms with Crippen molar-refractivity contribution in [2.45, 2.75) is 6.92 Å². The van der Waals surface area contributed by atoms with Crippen LogP contribution in [0.15, 0.2) is 35.5 Å². The molecule has 14 heavy (non-hydrogen) atoms. The first kappa shape index (κ1) is 11.3. The van der Waals surface area contributed by atoms with Gasteiger partial charge in [0.05, 0.1) is 5.03 Å². The fourth-order valence-corrected chi connectivity index (χ4v) is 1.62. The summed E-state index contributed by atoms with van der Waals surface area (Å²) in [5.74, 6) is 0. The second kappa shape index (κ2) is 5.89. The molecule has 78 valence electrons. The lowest BCUT2D eigenvalue weighted by Gasteiger charge is -2.30. The molecule has 0 amide bonds. The van der Waals surface area contributed by atoms with Crippen molar-refractivity contribution in [1.29, 1.82) is 0 Å². The fraction of sp³-hybridized carbons (Fsp3) is 0.455. The van der Waals surface area contributed by atoms with E-state index in [2.05, 4.69) is 23.7 Å². The van der Waals surface area contributed by atoms with Gasteiger partial charge in [-0.3, -0.25) is 0 Å². The van der Waals surface area contributed by atoms with E-state index in [9.17, 15) is 0 Å². The summed E-state index contributed by atoms with van der Waals surface area (Å²) >= 11 is 6.13. The third-order valence-corrected chi connectivity index (χ3v) is 2.72. The van der Waals surface area contributed by atoms with E-state index in [0.717, 1.165) is 36.9 Å². The number of rotatable bonds is 3. The minimum Gasteiger partial charge on any atom is -0.371 e. The molecule has 1 rings (SSSR count). The Bertz CT molecular complexity index is 250. The largest absolute Gasteiger partial charge is 0.371 e. The molecule has 0 aromatic rings. The smallest absolute Gasteiger partial charge is 0.0594 e. The molecule has 0 bridgehead atoms. The van der Waals surface area contributed by atoms with Crippen molar-refractivity contribution in [1.82, 2.24) is 10.2 Å². The zero-order chi connectivity index (χ0) is 10.4. The van der Waals surface area contributed by atoms with Crippen LogP contribution >= 0.6 is 11.6 Å². The van der Waals surface area contributed by atoms with Gasteiger partial charge in [-0.2, -0.15) is 0 Å². The van der Waals surface area contributed by atoms with Gasteiger partial charge in [-0.15, -0.1) is 0 Å². The van der Waals surface area contributed by atoms with Gasteiger partial charge in [0.25, 0.3) is 0 Å². The Morgan fingerprint density at radius 1 is 1.43 bits per heavy atom. The van der Waals surface area contributed by atoms with Crippen LogP contribution in [0.2, 0.25) is 0 Å². The minimum atomic E-state index is 0.798. The summed E-state index contributed by atoms with van der Waals surface area (Å²) in [5, 5.41) is 4.11. The van der Waals surface area contributed by atoms with Crippen LogP contribution in [0.1, 0.15) is 6.92 Å². The first-order chi connectivity index (χ1) is 6.75. The maximum atomic E-state index is 6.13. The van der Waals surface area contributed by atoms with Gasteiger partial charge in [0.1, 0.15) is 0 Å². The van der Waals surface area contributed by atoms with E-state index in [1.807, 2.05) is 12.2 Å². The third kappa shape index (κ3) is 3.20. The first-order valence-corrected chi connectivity index (χ1v) is 5.24. The van der Waals surface area contributed by atoms with Gasteiger partial charge in [-0.05, 0) is 13.0 Å². The van der Waals surface area contributed by atoms with Crippen molar-refractivity contribution in [2.75, 3.05) is 26.2 Å². The zero-order valence-corrected chi connectivity index (χ0v) is 9.35. The Labute approximate surface area is 90.9 Å². The average Bonchev–Trinajstić information content (AvgIpc) is 2.26. The second-order valence-corrected chi connectivity index (χ2v) is 3.67. The summed E-state index contributed by atoms with van der Waals surface area (Å²) in [4.78, 5) is 2.30. The Balaban J connectivity index is 2.63. The van der Waals surface area contributed by atoms with Crippen LogP contribution < -0.4 is 5.32 Å². The Morgan fingerprint density at radius 3 is 2.64 bits per heavy atom. The van der Waals surface area contributed by atoms with Gasteiger partial charge in [-0.25, -0.2) is 0 Å². The summed E-state index contributed by atoms with van der Waals surface area (Å²) in [6, 6.07) is 0. The van der Waals surface area contributed by atoms with Gasteiger partial charge in [0, 0.05) is 31.9 Å². The molecule has 1 aliphatic rings. The molecule has 3 heteroatoms. The predicted octanol–water partition coefficient (Wildman–Crippen LogP) is 2.10. The van der Waals surface area contributed by atoms with Crippen LogP contribution in [-0.4, -0.2) is 31.1 Å². The molecule has 1 heterocycles. The van der Waals surface area contributed by atoms with Crippen LogP contribution in [0.4, 0.5) is 0 Å². The van der Waals surface area contributed by atoms with E-state index in [4.69, 9.17) is 11.6 Å². The predicted molar refractivity (Wildman–Crippen MR) is 62.3 cm³/mol. The van der Waals surface area contributed by atoms with Crippen molar-refractivity contribution in [3.63, 3.8) is 0 Å². The van der Waals surface area contributed by atoms with Crippen molar-refractivity contribution in [2.24, 2.45) is 0 Å². The molecule has 0 spiro atoms. The molecular formula is C11H17ClN2. The van der Waals surface area contributed by atoms with E-state index in [-0.39, 0.29) is 0 Å². The van der Waals surface area contributed by atoms with E-state index in [1.54, 1.807) is 6.08 Å². The van der Waals surface area contributed by atoms with Crippen molar-refractivity contribution in [3.05, 3.63) is 35.5 Å². The highest BCUT2D eigenvalue weighted by molar-refractivity contribution is 6.31. The van der Waals surface area contributed by atoms with Crippen molar-refractivity contribution >= 4 is 11.6 Å². The van der Waals surface area contributed by atoms with E-state index < -0.39 is 0 Å². The molecule has 0 unspecified atom stereocenters. The highest BCUT2D eigenvalue weighted by Crippen LogP contribution is 2.15. The molecule has 0 radical (unpaired) electrons. The number of hydrogen-bond acceptors (Lipinski definition) is 2. The van der Waals surface area contributed by atoms with Gasteiger partial charge in [0.15, 0.2) is 0 Å². The summed E-state index contributed by atoms with van der Waals surface area (Å²) in [6.45, 7) is 9.80. The minimum absolute atomic E-state index is 0.798. The highest BCUT2D eigenvalue weighted by atomic mass is 35.5. The number of halogens is 1. The average molecular weight is 213 g/mol. The summed E-state index contributed by atoms with van der Waals surface area (Å²) in [6.07, 6.45) is 5.47. The lowest BCUT2D eigenvalue weighted by molar-refractivity contribution is 0.299. The second-order valence-electron chi connectivity index (χ2n) is 3.27. The van der Waals surface area contributed by atoms with Gasteiger partial charge in [0.2, 0.25) is 0 Å². The Hall–Kier alpha value is -0.730. The van der Waals surface area contributed by atoms with Crippen LogP contribution in [0, 0.1) is 0 Å². The maximum Gasteiger partial charge on any atom is 0.0594 e. The number of nitrogens with zero attached hydrogens (tertiary/aromatic N) is 1. The topological polar surface area (TPSA) is 15.3 Å². The first-order valence-electron chi connectivity index (χ1n) is 4.87. The van der Waals surface area contributed by atoms with Crippen LogP contribution in [0.3, 0.4) is 0 Å². The zero-order valence-electron chi connectivity index (χ0n) is 8.59. The van der Waals surface area contributed by atoms with E-state index in [0.29, 0.717) is 0 Å². The number of hydrogen-bond donors (Lipinski definition) is 1. The van der Waals surface area contributed by atoms with Crippen LogP contribution in [0.25, 0.3) is 0 Å². The van der Waals surface area contributed by atoms with Crippen molar-refractivity contribution in [3.8, 4) is 0 Å². The summed E-state index contributed by atoms with van der Waals surface area (Å²) in [5.41, 5.74) is 1.14. The number of piperazine rings is 1. The Kier molecular flexibility index (Phi) is 4.77. The van der Waals surface area contributed by atoms with Gasteiger partial charge < -0.3 is 10.2 Å².